The van der Waals surface area contributed by atoms with Gasteiger partial charge in [-0.2, -0.15) is 0 Å². The Hall–Kier alpha value is -2.67. The molecule has 194 valence electrons. The number of aryl methyl sites for hydroxylation is 1. The van der Waals surface area contributed by atoms with Crippen molar-refractivity contribution in [1.82, 2.24) is 19.4 Å². The number of rotatable bonds is 8. The Labute approximate surface area is 214 Å². The van der Waals surface area contributed by atoms with Crippen molar-refractivity contribution in [3.8, 4) is 5.75 Å². The fourth-order valence-electron chi connectivity index (χ4n) is 4.42. The van der Waals surface area contributed by atoms with E-state index in [0.717, 1.165) is 31.7 Å². The molecule has 2 atom stereocenters. The van der Waals surface area contributed by atoms with Crippen molar-refractivity contribution in [2.75, 3.05) is 19.6 Å². The van der Waals surface area contributed by atoms with Crippen LogP contribution in [-0.4, -0.2) is 56.5 Å². The third kappa shape index (κ3) is 7.42. The minimum absolute atomic E-state index is 0.0810. The third-order valence-electron chi connectivity index (χ3n) is 6.04. The van der Waals surface area contributed by atoms with E-state index in [0.29, 0.717) is 28.8 Å². The number of nitrogens with zero attached hydrogens (tertiary/aromatic N) is 5. The lowest BCUT2D eigenvalue weighted by atomic mass is 10.2. The zero-order valence-corrected chi connectivity index (χ0v) is 20.8. The molecule has 8 nitrogen and oxygen atoms in total. The minimum atomic E-state index is -4.67. The number of carbonyl (C=O) groups is 1. The second-order valence-corrected chi connectivity index (χ2v) is 10.5. The third-order valence-corrected chi connectivity index (χ3v) is 7.14. The number of piperidine rings is 1. The monoisotopic (exact) mass is 542 g/mol. The molecule has 1 aliphatic carbocycles. The fourth-order valence-corrected chi connectivity index (χ4v) is 5.44. The van der Waals surface area contributed by atoms with Crippen LogP contribution in [0.3, 0.4) is 0 Å². The van der Waals surface area contributed by atoms with Gasteiger partial charge in [0.15, 0.2) is 10.2 Å². The highest BCUT2D eigenvalue weighted by Crippen LogP contribution is 2.52. The Morgan fingerprint density at radius 1 is 1.31 bits per heavy atom. The van der Waals surface area contributed by atoms with Crippen molar-refractivity contribution in [3.05, 3.63) is 68.9 Å². The number of benzene rings is 1. The molecule has 36 heavy (non-hydrogen) atoms. The Kier molecular flexibility index (Phi) is 8.18. The summed E-state index contributed by atoms with van der Waals surface area (Å²) >= 11 is 7.39. The standard InChI is InChI=1S/C18H18ClF3N3OS.C5H6N2O2/c19-17-24-6-13(27-17)8-25-9-15-14(16(15)10-25)7-23-5-11-2-1-3-12(4-11)26-18(20,21)22;1-7-2-4(5(8)9)6-3-7/h1-4,6,14-16H,5,7-10H2;2-3H,1H3,(H,8,9)/q-1;. The normalized spacial score (nSPS) is 21.0. The molecule has 1 N–H and O–H groups in total. The van der Waals surface area contributed by atoms with E-state index in [9.17, 15) is 18.0 Å². The number of carboxylic acids is 1. The SMILES string of the molecule is Cn1cnc(C(=O)O)c1.FC(F)(F)Oc1cccc(C[N-]CC2C3CN(Cc4cnc(Cl)s4)CC23)c1. The molecule has 0 amide bonds. The largest absolute Gasteiger partial charge is 0.658 e. The number of hydrogen-bond donors (Lipinski definition) is 1. The van der Waals surface area contributed by atoms with Crippen LogP contribution < -0.4 is 4.74 Å². The highest BCUT2D eigenvalue weighted by atomic mass is 35.5. The van der Waals surface area contributed by atoms with E-state index in [2.05, 4.69) is 24.9 Å². The molecule has 3 aromatic rings. The first-order valence-corrected chi connectivity index (χ1v) is 12.3. The summed E-state index contributed by atoms with van der Waals surface area (Å²) in [6.07, 6.45) is 0.0593. The highest BCUT2D eigenvalue weighted by Gasteiger charge is 2.53. The predicted molar refractivity (Wildman–Crippen MR) is 128 cm³/mol. The maximum Gasteiger partial charge on any atom is 0.573 e. The second kappa shape index (κ2) is 11.2. The molecule has 2 aliphatic rings. The first-order valence-electron chi connectivity index (χ1n) is 11.1. The lowest BCUT2D eigenvalue weighted by Gasteiger charge is -2.23. The molecule has 1 saturated carbocycles. The molecule has 0 bridgehead atoms. The first-order chi connectivity index (χ1) is 17.1. The average molecular weight is 543 g/mol. The molecule has 5 rings (SSSR count). The van der Waals surface area contributed by atoms with E-state index in [1.807, 2.05) is 6.20 Å². The number of alkyl halides is 3. The molecule has 3 heterocycles. The number of halogens is 4. The van der Waals surface area contributed by atoms with Gasteiger partial charge in [0.25, 0.3) is 0 Å². The molecule has 2 unspecified atom stereocenters. The van der Waals surface area contributed by atoms with Gasteiger partial charge in [-0.15, -0.1) is 37.6 Å². The van der Waals surface area contributed by atoms with Crippen molar-refractivity contribution in [3.63, 3.8) is 0 Å². The molecule has 0 radical (unpaired) electrons. The van der Waals surface area contributed by atoms with Crippen LogP contribution in [-0.2, 0) is 20.1 Å². The zero-order valence-electron chi connectivity index (χ0n) is 19.2. The lowest BCUT2D eigenvalue weighted by molar-refractivity contribution is -0.274. The summed E-state index contributed by atoms with van der Waals surface area (Å²) in [4.78, 5) is 21.4. The zero-order chi connectivity index (χ0) is 25.9. The van der Waals surface area contributed by atoms with Gasteiger partial charge in [0.05, 0.1) is 6.33 Å². The maximum atomic E-state index is 12.3. The number of aromatic carboxylic acids is 1. The summed E-state index contributed by atoms with van der Waals surface area (Å²) < 4.78 is 43.0. The Bertz CT molecular complexity index is 1180. The van der Waals surface area contributed by atoms with Crippen molar-refractivity contribution in [2.45, 2.75) is 19.5 Å². The summed E-state index contributed by atoms with van der Waals surface area (Å²) in [6, 6.07) is 6.02. The van der Waals surface area contributed by atoms with Crippen LogP contribution >= 0.6 is 22.9 Å². The van der Waals surface area contributed by atoms with E-state index in [1.54, 1.807) is 23.7 Å². The summed E-state index contributed by atoms with van der Waals surface area (Å²) in [6.45, 7) is 4.20. The fraction of sp³-hybridized carbons (Fsp3) is 0.435. The number of hydrogen-bond acceptors (Lipinski definition) is 6. The number of carboxylic acid groups (broad SMARTS) is 1. The van der Waals surface area contributed by atoms with E-state index in [-0.39, 0.29) is 11.4 Å². The van der Waals surface area contributed by atoms with E-state index >= 15 is 0 Å². The highest BCUT2D eigenvalue weighted by molar-refractivity contribution is 7.15. The van der Waals surface area contributed by atoms with Gasteiger partial charge in [0.2, 0.25) is 0 Å². The summed E-state index contributed by atoms with van der Waals surface area (Å²) in [5, 5.41) is 12.9. The van der Waals surface area contributed by atoms with Gasteiger partial charge in [-0.1, -0.05) is 35.2 Å². The van der Waals surface area contributed by atoms with Gasteiger partial charge >= 0.3 is 12.3 Å². The molecule has 13 heteroatoms. The molecule has 1 saturated heterocycles. The van der Waals surface area contributed by atoms with Gasteiger partial charge < -0.3 is 19.7 Å². The van der Waals surface area contributed by atoms with Crippen LogP contribution in [0.15, 0.2) is 43.0 Å². The second-order valence-electron chi connectivity index (χ2n) is 8.75. The summed E-state index contributed by atoms with van der Waals surface area (Å²) in [5.41, 5.74) is 0.809. The topological polar surface area (TPSA) is 94.6 Å². The van der Waals surface area contributed by atoms with E-state index in [4.69, 9.17) is 16.7 Å². The maximum absolute atomic E-state index is 12.3. The molecule has 2 fully saturated rings. The molecule has 2 aromatic heterocycles. The van der Waals surface area contributed by atoms with Gasteiger partial charge in [0.1, 0.15) is 5.75 Å². The Morgan fingerprint density at radius 2 is 2.06 bits per heavy atom. The number of fused-ring (bicyclic) bond motifs is 1. The number of ether oxygens (including phenoxy) is 1. The van der Waals surface area contributed by atoms with Crippen LogP contribution in [0.4, 0.5) is 13.2 Å². The van der Waals surface area contributed by atoms with E-state index < -0.39 is 12.3 Å². The number of thiazole rings is 1. The van der Waals surface area contributed by atoms with Crippen LogP contribution in [0.5, 0.6) is 5.75 Å². The van der Waals surface area contributed by atoms with Crippen molar-refractivity contribution in [2.24, 2.45) is 24.8 Å². The molecule has 1 aliphatic heterocycles. The molecule has 0 spiro atoms. The summed E-state index contributed by atoms with van der Waals surface area (Å²) in [5.74, 6) is 0.767. The number of aromatic nitrogens is 3. The quantitative estimate of drug-likeness (QED) is 0.427. The van der Waals surface area contributed by atoms with E-state index in [1.165, 1.54) is 40.9 Å². The predicted octanol–water partition coefficient (Wildman–Crippen LogP) is 5.07. The van der Waals surface area contributed by atoms with Crippen LogP contribution in [0.25, 0.3) is 5.32 Å². The van der Waals surface area contributed by atoms with Crippen molar-refractivity contribution < 1.29 is 27.8 Å². The van der Waals surface area contributed by atoms with Crippen molar-refractivity contribution >= 4 is 28.9 Å². The smallest absolute Gasteiger partial charge is 0.573 e. The van der Waals surface area contributed by atoms with Crippen molar-refractivity contribution in [1.29, 1.82) is 0 Å². The van der Waals surface area contributed by atoms with Gasteiger partial charge in [-0.3, -0.25) is 4.90 Å². The molecular weight excluding hydrogens is 519 g/mol. The van der Waals surface area contributed by atoms with Crippen LogP contribution in [0.2, 0.25) is 4.47 Å². The van der Waals surface area contributed by atoms with Gasteiger partial charge in [0, 0.05) is 44.0 Å². The van der Waals surface area contributed by atoms with Gasteiger partial charge in [-0.25, -0.2) is 14.8 Å². The van der Waals surface area contributed by atoms with Crippen LogP contribution in [0.1, 0.15) is 20.9 Å². The molecular formula is C23H24ClF3N5O3S-. The van der Waals surface area contributed by atoms with Crippen LogP contribution in [0, 0.1) is 17.8 Å². The van der Waals surface area contributed by atoms with Gasteiger partial charge in [-0.05, 0) is 24.0 Å². The lowest BCUT2D eigenvalue weighted by Crippen LogP contribution is -2.24. The summed E-state index contributed by atoms with van der Waals surface area (Å²) in [7, 11) is 1.72. The average Bonchev–Trinajstić information content (AvgIpc) is 3.22. The first kappa shape index (κ1) is 26.4. The number of imidazole rings is 1. The Morgan fingerprint density at radius 3 is 2.61 bits per heavy atom. The Balaban J connectivity index is 0.000000286. The minimum Gasteiger partial charge on any atom is -0.658 e. The number of likely N-dealkylation sites (tertiary alicyclic amines) is 1. The molecule has 1 aromatic carbocycles.